The number of hydrogen-bond acceptors (Lipinski definition) is 4. The van der Waals surface area contributed by atoms with Crippen LogP contribution in [-0.2, 0) is 11.3 Å². The summed E-state index contributed by atoms with van der Waals surface area (Å²) in [4.78, 5) is 14.1. The molecule has 0 radical (unpaired) electrons. The second-order valence-corrected chi connectivity index (χ2v) is 6.05. The number of carbonyl (C=O) groups excluding carboxylic acids is 1. The zero-order valence-corrected chi connectivity index (χ0v) is 15.5. The van der Waals surface area contributed by atoms with E-state index in [2.05, 4.69) is 5.32 Å². The molecule has 0 saturated heterocycles. The third kappa shape index (κ3) is 5.96. The first kappa shape index (κ1) is 19.1. The van der Waals surface area contributed by atoms with Crippen molar-refractivity contribution < 1.29 is 14.3 Å². The normalized spacial score (nSPS) is 10.6. The zero-order valence-electron chi connectivity index (χ0n) is 14.7. The van der Waals surface area contributed by atoms with Crippen molar-refractivity contribution in [3.63, 3.8) is 0 Å². The number of likely N-dealkylation sites (N-methyl/N-ethyl adjacent to an activating group) is 1. The molecule has 2 aromatic rings. The van der Waals surface area contributed by atoms with E-state index in [-0.39, 0.29) is 12.5 Å². The molecule has 25 heavy (non-hydrogen) atoms. The van der Waals surface area contributed by atoms with E-state index >= 15 is 0 Å². The quantitative estimate of drug-likeness (QED) is 0.775. The van der Waals surface area contributed by atoms with E-state index in [0.29, 0.717) is 29.6 Å². The Balaban J connectivity index is 1.86. The fraction of sp³-hybridized carbons (Fsp3) is 0.316. The van der Waals surface area contributed by atoms with Gasteiger partial charge in [0.15, 0.2) is 0 Å². The Hall–Kier alpha value is -2.24. The Morgan fingerprint density at radius 1 is 1.20 bits per heavy atom. The molecule has 134 valence electrons. The summed E-state index contributed by atoms with van der Waals surface area (Å²) in [5, 5.41) is 3.30. The minimum Gasteiger partial charge on any atom is -0.495 e. The van der Waals surface area contributed by atoms with Gasteiger partial charge in [-0.2, -0.15) is 0 Å². The van der Waals surface area contributed by atoms with Gasteiger partial charge in [-0.05, 0) is 49.9 Å². The summed E-state index contributed by atoms with van der Waals surface area (Å²) in [5.74, 6) is 1.32. The van der Waals surface area contributed by atoms with Crippen LogP contribution in [0.4, 0.5) is 5.69 Å². The average molecular weight is 363 g/mol. The smallest absolute Gasteiger partial charge is 0.238 e. The SMILES string of the molecule is CCOc1ccc(CN(C)CC(=O)Nc2ccc(OC)c(Cl)c2)cc1. The van der Waals surface area contributed by atoms with E-state index in [9.17, 15) is 4.79 Å². The number of rotatable bonds is 8. The van der Waals surface area contributed by atoms with Crippen molar-refractivity contribution in [3.05, 3.63) is 53.1 Å². The molecule has 0 saturated carbocycles. The van der Waals surface area contributed by atoms with Crippen LogP contribution in [0.2, 0.25) is 5.02 Å². The molecule has 0 atom stereocenters. The lowest BCUT2D eigenvalue weighted by Gasteiger charge is -2.17. The Bertz CT molecular complexity index is 704. The number of anilines is 1. The molecule has 0 bridgehead atoms. The average Bonchev–Trinajstić information content (AvgIpc) is 2.57. The summed E-state index contributed by atoms with van der Waals surface area (Å²) in [6.07, 6.45) is 0. The largest absolute Gasteiger partial charge is 0.495 e. The molecule has 0 spiro atoms. The third-order valence-electron chi connectivity index (χ3n) is 3.54. The molecule has 1 N–H and O–H groups in total. The van der Waals surface area contributed by atoms with Crippen LogP contribution >= 0.6 is 11.6 Å². The Kier molecular flexibility index (Phi) is 7.10. The summed E-state index contributed by atoms with van der Waals surface area (Å²) < 4.78 is 10.5. The number of ether oxygens (including phenoxy) is 2. The minimum absolute atomic E-state index is 0.102. The molecular weight excluding hydrogens is 340 g/mol. The van der Waals surface area contributed by atoms with Crippen molar-refractivity contribution in [1.29, 1.82) is 0 Å². The highest BCUT2D eigenvalue weighted by molar-refractivity contribution is 6.32. The van der Waals surface area contributed by atoms with Gasteiger partial charge in [0.05, 0.1) is 25.3 Å². The number of hydrogen-bond donors (Lipinski definition) is 1. The van der Waals surface area contributed by atoms with E-state index in [1.54, 1.807) is 25.3 Å². The Morgan fingerprint density at radius 3 is 2.52 bits per heavy atom. The van der Waals surface area contributed by atoms with Gasteiger partial charge in [0.25, 0.3) is 0 Å². The van der Waals surface area contributed by atoms with Gasteiger partial charge in [-0.3, -0.25) is 9.69 Å². The molecule has 0 unspecified atom stereocenters. The summed E-state index contributed by atoms with van der Waals surface area (Å²) in [5.41, 5.74) is 1.76. The molecule has 0 fully saturated rings. The van der Waals surface area contributed by atoms with E-state index < -0.39 is 0 Å². The minimum atomic E-state index is -0.102. The summed E-state index contributed by atoms with van der Waals surface area (Å²) in [6.45, 7) is 3.55. The lowest BCUT2D eigenvalue weighted by Crippen LogP contribution is -2.29. The van der Waals surface area contributed by atoms with Gasteiger partial charge in [-0.1, -0.05) is 23.7 Å². The maximum atomic E-state index is 12.2. The van der Waals surface area contributed by atoms with Crippen molar-refractivity contribution in [2.24, 2.45) is 0 Å². The first-order valence-electron chi connectivity index (χ1n) is 8.05. The van der Waals surface area contributed by atoms with Crippen LogP contribution in [0.25, 0.3) is 0 Å². The van der Waals surface area contributed by atoms with Gasteiger partial charge < -0.3 is 14.8 Å². The lowest BCUT2D eigenvalue weighted by atomic mass is 10.2. The van der Waals surface area contributed by atoms with Crippen LogP contribution < -0.4 is 14.8 Å². The van der Waals surface area contributed by atoms with Gasteiger partial charge in [0.2, 0.25) is 5.91 Å². The van der Waals surface area contributed by atoms with E-state index in [0.717, 1.165) is 11.3 Å². The van der Waals surface area contributed by atoms with Gasteiger partial charge in [0, 0.05) is 12.2 Å². The third-order valence-corrected chi connectivity index (χ3v) is 3.83. The van der Waals surface area contributed by atoms with Crippen LogP contribution in [0.15, 0.2) is 42.5 Å². The van der Waals surface area contributed by atoms with Crippen LogP contribution in [0, 0.1) is 0 Å². The predicted octanol–water partition coefficient (Wildman–Crippen LogP) is 3.82. The molecule has 0 aliphatic rings. The number of nitrogens with zero attached hydrogens (tertiary/aromatic N) is 1. The number of halogens is 1. The lowest BCUT2D eigenvalue weighted by molar-refractivity contribution is -0.117. The fourth-order valence-electron chi connectivity index (χ4n) is 2.42. The Labute approximate surface area is 153 Å². The summed E-state index contributed by atoms with van der Waals surface area (Å²) >= 11 is 6.06. The van der Waals surface area contributed by atoms with Crippen molar-refractivity contribution in [2.75, 3.05) is 32.6 Å². The van der Waals surface area contributed by atoms with E-state index in [1.807, 2.05) is 43.1 Å². The molecule has 2 rings (SSSR count). The molecule has 0 heterocycles. The second kappa shape index (κ2) is 9.30. The number of benzene rings is 2. The molecule has 6 heteroatoms. The van der Waals surface area contributed by atoms with Crippen LogP contribution in [-0.4, -0.2) is 38.1 Å². The monoisotopic (exact) mass is 362 g/mol. The highest BCUT2D eigenvalue weighted by atomic mass is 35.5. The highest BCUT2D eigenvalue weighted by Crippen LogP contribution is 2.27. The van der Waals surface area contributed by atoms with Crippen molar-refractivity contribution >= 4 is 23.2 Å². The van der Waals surface area contributed by atoms with E-state index in [1.165, 1.54) is 0 Å². The van der Waals surface area contributed by atoms with Gasteiger partial charge in [0.1, 0.15) is 11.5 Å². The molecule has 1 amide bonds. The maximum absolute atomic E-state index is 12.2. The van der Waals surface area contributed by atoms with Crippen LogP contribution in [0.1, 0.15) is 12.5 Å². The molecule has 0 aliphatic heterocycles. The number of carbonyl (C=O) groups is 1. The summed E-state index contributed by atoms with van der Waals surface area (Å²) in [7, 11) is 3.45. The number of nitrogens with one attached hydrogen (secondary N) is 1. The number of methoxy groups -OCH3 is 1. The fourth-order valence-corrected chi connectivity index (χ4v) is 2.67. The van der Waals surface area contributed by atoms with Crippen molar-refractivity contribution in [2.45, 2.75) is 13.5 Å². The topological polar surface area (TPSA) is 50.8 Å². The van der Waals surface area contributed by atoms with Gasteiger partial charge in [-0.25, -0.2) is 0 Å². The summed E-state index contributed by atoms with van der Waals surface area (Å²) in [6, 6.07) is 13.0. The van der Waals surface area contributed by atoms with Crippen LogP contribution in [0.3, 0.4) is 0 Å². The first-order chi connectivity index (χ1) is 12.0. The first-order valence-corrected chi connectivity index (χ1v) is 8.43. The predicted molar refractivity (Wildman–Crippen MR) is 101 cm³/mol. The van der Waals surface area contributed by atoms with Crippen molar-refractivity contribution in [1.82, 2.24) is 4.90 Å². The molecule has 5 nitrogen and oxygen atoms in total. The molecule has 2 aromatic carbocycles. The van der Waals surface area contributed by atoms with E-state index in [4.69, 9.17) is 21.1 Å². The van der Waals surface area contributed by atoms with Gasteiger partial charge in [-0.15, -0.1) is 0 Å². The molecule has 0 aromatic heterocycles. The van der Waals surface area contributed by atoms with Gasteiger partial charge >= 0.3 is 0 Å². The second-order valence-electron chi connectivity index (χ2n) is 5.65. The number of amides is 1. The zero-order chi connectivity index (χ0) is 18.2. The Morgan fingerprint density at radius 2 is 1.92 bits per heavy atom. The maximum Gasteiger partial charge on any atom is 0.238 e. The highest BCUT2D eigenvalue weighted by Gasteiger charge is 2.09. The molecular formula is C19H23ClN2O3. The van der Waals surface area contributed by atoms with Crippen molar-refractivity contribution in [3.8, 4) is 11.5 Å². The molecule has 0 aliphatic carbocycles. The standard InChI is InChI=1S/C19H23ClN2O3/c1-4-25-16-8-5-14(6-9-16)12-22(2)13-19(23)21-15-7-10-18(24-3)17(20)11-15/h5-11H,4,12-13H2,1-3H3,(H,21,23). The van der Waals surface area contributed by atoms with Crippen LogP contribution in [0.5, 0.6) is 11.5 Å².